The Morgan fingerprint density at radius 1 is 1.62 bits per heavy atom. The zero-order valence-electron chi connectivity index (χ0n) is 8.32. The van der Waals surface area contributed by atoms with Gasteiger partial charge in [0.2, 0.25) is 0 Å². The smallest absolute Gasteiger partial charge is 0.319 e. The van der Waals surface area contributed by atoms with Gasteiger partial charge in [-0.2, -0.15) is 0 Å². The lowest BCUT2D eigenvalue weighted by molar-refractivity contribution is -0.143. The highest BCUT2D eigenvalue weighted by Crippen LogP contribution is 2.23. The van der Waals surface area contributed by atoms with Crippen LogP contribution in [0.4, 0.5) is 0 Å². The minimum absolute atomic E-state index is 0.165. The van der Waals surface area contributed by atoms with E-state index in [-0.39, 0.29) is 5.97 Å². The fraction of sp³-hybridized carbons (Fsp3) is 0.889. The monoisotopic (exact) mass is 186 g/mol. The Hall–Kier alpha value is -0.610. The number of carbonyl (C=O) groups is 1. The average Bonchev–Trinajstić information content (AvgIpc) is 2.09. The van der Waals surface area contributed by atoms with Crippen LogP contribution in [0.5, 0.6) is 0 Å². The summed E-state index contributed by atoms with van der Waals surface area (Å²) in [6.45, 7) is 3.32. The minimum atomic E-state index is -0.165. The van der Waals surface area contributed by atoms with Crippen molar-refractivity contribution in [2.75, 3.05) is 20.2 Å². The summed E-state index contributed by atoms with van der Waals surface area (Å²) in [5, 5.41) is 0. The maximum atomic E-state index is 11.0. The van der Waals surface area contributed by atoms with Gasteiger partial charge < -0.3 is 10.5 Å². The number of methoxy groups -OCH3 is 1. The Labute approximate surface area is 79.0 Å². The Kier molecular flexibility index (Phi) is 3.69. The quantitative estimate of drug-likeness (QED) is 0.626. The Balaban J connectivity index is 2.31. The van der Waals surface area contributed by atoms with Crippen molar-refractivity contribution in [1.29, 1.82) is 0 Å². The zero-order chi connectivity index (χ0) is 9.84. The Morgan fingerprint density at radius 3 is 2.62 bits per heavy atom. The number of rotatable bonds is 4. The summed E-state index contributed by atoms with van der Waals surface area (Å²) < 4.78 is 4.62. The third-order valence-corrected chi connectivity index (χ3v) is 2.63. The first-order valence-electron chi connectivity index (χ1n) is 4.73. The van der Waals surface area contributed by atoms with Gasteiger partial charge in [0.25, 0.3) is 0 Å². The lowest BCUT2D eigenvalue weighted by atomic mass is 9.86. The van der Waals surface area contributed by atoms with Crippen molar-refractivity contribution < 1.29 is 9.53 Å². The summed E-state index contributed by atoms with van der Waals surface area (Å²) in [7, 11) is 1.42. The number of carbonyl (C=O) groups excluding carboxylic acids is 1. The molecule has 4 heteroatoms. The number of likely N-dealkylation sites (N-methyl/N-ethyl adjacent to an activating group) is 1. The van der Waals surface area contributed by atoms with Gasteiger partial charge in [-0.1, -0.05) is 6.92 Å². The molecule has 0 bridgehead atoms. The average molecular weight is 186 g/mol. The van der Waals surface area contributed by atoms with Crippen LogP contribution in [-0.4, -0.2) is 43.2 Å². The number of ether oxygens (including phenoxy) is 1. The number of hydrogen-bond donors (Lipinski definition) is 1. The highest BCUT2D eigenvalue weighted by atomic mass is 16.5. The van der Waals surface area contributed by atoms with Crippen molar-refractivity contribution in [2.24, 2.45) is 5.73 Å². The first-order chi connectivity index (χ1) is 6.17. The standard InChI is InChI=1S/C9H18N2O2/c1-3-11(6-9(12)13-2)8-4-7(10)5-8/h7-8H,3-6,10H2,1-2H3. The zero-order valence-corrected chi connectivity index (χ0v) is 8.32. The molecule has 0 amide bonds. The predicted octanol–water partition coefficient (Wildman–Crippen LogP) is -0.0290. The highest BCUT2D eigenvalue weighted by Gasteiger charge is 2.31. The molecule has 0 unspecified atom stereocenters. The Morgan fingerprint density at radius 2 is 2.23 bits per heavy atom. The van der Waals surface area contributed by atoms with Crippen molar-refractivity contribution >= 4 is 5.97 Å². The third kappa shape index (κ3) is 2.67. The minimum Gasteiger partial charge on any atom is -0.468 e. The van der Waals surface area contributed by atoms with Crippen LogP contribution < -0.4 is 5.73 Å². The van der Waals surface area contributed by atoms with Crippen molar-refractivity contribution in [2.45, 2.75) is 31.8 Å². The predicted molar refractivity (Wildman–Crippen MR) is 50.3 cm³/mol. The van der Waals surface area contributed by atoms with Gasteiger partial charge >= 0.3 is 5.97 Å². The van der Waals surface area contributed by atoms with Gasteiger partial charge in [-0.05, 0) is 19.4 Å². The summed E-state index contributed by atoms with van der Waals surface area (Å²) in [5.41, 5.74) is 5.68. The summed E-state index contributed by atoms with van der Waals surface area (Å²) in [5.74, 6) is -0.165. The first-order valence-corrected chi connectivity index (χ1v) is 4.73. The van der Waals surface area contributed by atoms with E-state index in [1.165, 1.54) is 7.11 Å². The van der Waals surface area contributed by atoms with Crippen molar-refractivity contribution in [1.82, 2.24) is 4.90 Å². The van der Waals surface area contributed by atoms with E-state index in [4.69, 9.17) is 5.73 Å². The SMILES string of the molecule is CCN(CC(=O)OC)C1CC(N)C1. The van der Waals surface area contributed by atoms with Crippen molar-refractivity contribution in [3.63, 3.8) is 0 Å². The largest absolute Gasteiger partial charge is 0.468 e. The van der Waals surface area contributed by atoms with Crippen LogP contribution in [0.2, 0.25) is 0 Å². The number of esters is 1. The van der Waals surface area contributed by atoms with Gasteiger partial charge in [-0.3, -0.25) is 9.69 Å². The molecule has 2 N–H and O–H groups in total. The molecule has 1 aliphatic carbocycles. The van der Waals surface area contributed by atoms with Gasteiger partial charge in [0.05, 0.1) is 13.7 Å². The van der Waals surface area contributed by atoms with E-state index >= 15 is 0 Å². The van der Waals surface area contributed by atoms with Gasteiger partial charge in [-0.15, -0.1) is 0 Å². The lowest BCUT2D eigenvalue weighted by Crippen LogP contribution is -2.52. The molecule has 1 rings (SSSR count). The molecule has 0 heterocycles. The number of hydrogen-bond acceptors (Lipinski definition) is 4. The second-order valence-corrected chi connectivity index (χ2v) is 3.52. The molecule has 0 spiro atoms. The van der Waals surface area contributed by atoms with Crippen LogP contribution in [0.3, 0.4) is 0 Å². The normalized spacial score (nSPS) is 27.1. The number of nitrogens with zero attached hydrogens (tertiary/aromatic N) is 1. The molecule has 1 saturated carbocycles. The van der Waals surface area contributed by atoms with Crippen molar-refractivity contribution in [3.8, 4) is 0 Å². The van der Waals surface area contributed by atoms with Crippen LogP contribution in [0.25, 0.3) is 0 Å². The summed E-state index contributed by atoms with van der Waals surface area (Å²) in [6, 6.07) is 0.816. The molecule has 0 atom stereocenters. The second-order valence-electron chi connectivity index (χ2n) is 3.52. The maximum absolute atomic E-state index is 11.0. The lowest BCUT2D eigenvalue weighted by Gasteiger charge is -2.40. The molecular weight excluding hydrogens is 168 g/mol. The fourth-order valence-corrected chi connectivity index (χ4v) is 1.66. The summed E-state index contributed by atoms with van der Waals surface area (Å²) >= 11 is 0. The Bertz CT molecular complexity index is 178. The molecule has 4 nitrogen and oxygen atoms in total. The van der Waals surface area contributed by atoms with E-state index in [9.17, 15) is 4.79 Å². The molecule has 1 fully saturated rings. The van der Waals surface area contributed by atoms with Crippen LogP contribution in [0, 0.1) is 0 Å². The number of nitrogens with two attached hydrogens (primary N) is 1. The molecule has 76 valence electrons. The molecule has 1 aliphatic rings. The maximum Gasteiger partial charge on any atom is 0.319 e. The fourth-order valence-electron chi connectivity index (χ4n) is 1.66. The van der Waals surface area contributed by atoms with Crippen LogP contribution >= 0.6 is 0 Å². The van der Waals surface area contributed by atoms with E-state index < -0.39 is 0 Å². The first kappa shape index (κ1) is 10.5. The molecular formula is C9H18N2O2. The van der Waals surface area contributed by atoms with Gasteiger partial charge in [-0.25, -0.2) is 0 Å². The third-order valence-electron chi connectivity index (χ3n) is 2.63. The molecule has 0 saturated heterocycles. The van der Waals surface area contributed by atoms with Crippen molar-refractivity contribution in [3.05, 3.63) is 0 Å². The second kappa shape index (κ2) is 4.58. The van der Waals surface area contributed by atoms with Crippen LogP contribution in [0.1, 0.15) is 19.8 Å². The molecule has 0 radical (unpaired) electrons. The topological polar surface area (TPSA) is 55.6 Å². The van der Waals surface area contributed by atoms with Gasteiger partial charge in [0, 0.05) is 12.1 Å². The highest BCUT2D eigenvalue weighted by molar-refractivity contribution is 5.71. The molecule has 13 heavy (non-hydrogen) atoms. The molecule has 0 aromatic carbocycles. The van der Waals surface area contributed by atoms with E-state index in [2.05, 4.69) is 9.64 Å². The van der Waals surface area contributed by atoms with Crippen LogP contribution in [0.15, 0.2) is 0 Å². The van der Waals surface area contributed by atoms with Crippen LogP contribution in [-0.2, 0) is 9.53 Å². The van der Waals surface area contributed by atoms with E-state index in [0.29, 0.717) is 18.6 Å². The van der Waals surface area contributed by atoms with Gasteiger partial charge in [0.15, 0.2) is 0 Å². The van der Waals surface area contributed by atoms with E-state index in [0.717, 1.165) is 19.4 Å². The summed E-state index contributed by atoms with van der Waals surface area (Å²) in [4.78, 5) is 13.1. The molecule has 0 aliphatic heterocycles. The van der Waals surface area contributed by atoms with E-state index in [1.54, 1.807) is 0 Å². The molecule has 0 aromatic rings. The van der Waals surface area contributed by atoms with Gasteiger partial charge in [0.1, 0.15) is 0 Å². The summed E-state index contributed by atoms with van der Waals surface area (Å²) in [6.07, 6.45) is 2.01. The van der Waals surface area contributed by atoms with E-state index in [1.807, 2.05) is 6.92 Å². The molecule has 0 aromatic heterocycles.